The van der Waals surface area contributed by atoms with Crippen LogP contribution in [0.4, 0.5) is 0 Å². The molecule has 1 aromatic carbocycles. The Balaban J connectivity index is 2.04. The lowest BCUT2D eigenvalue weighted by Crippen LogP contribution is -2.33. The van der Waals surface area contributed by atoms with Crippen molar-refractivity contribution in [1.29, 1.82) is 0 Å². The summed E-state index contributed by atoms with van der Waals surface area (Å²) >= 11 is 0. The number of para-hydroxylation sites is 1. The predicted molar refractivity (Wildman–Crippen MR) is 85.8 cm³/mol. The summed E-state index contributed by atoms with van der Waals surface area (Å²) < 4.78 is 2.04. The zero-order chi connectivity index (χ0) is 15.4. The van der Waals surface area contributed by atoms with Gasteiger partial charge in [-0.05, 0) is 18.1 Å². The van der Waals surface area contributed by atoms with E-state index < -0.39 is 6.10 Å². The van der Waals surface area contributed by atoms with Crippen LogP contribution in [0.2, 0.25) is 0 Å². The van der Waals surface area contributed by atoms with Crippen LogP contribution in [-0.4, -0.2) is 28.2 Å². The summed E-state index contributed by atoms with van der Waals surface area (Å²) in [5, 5.41) is 13.5. The minimum atomic E-state index is -0.514. The van der Waals surface area contributed by atoms with Gasteiger partial charge in [-0.3, -0.25) is 4.79 Å². The molecule has 2 aromatic rings. The second-order valence-corrected chi connectivity index (χ2v) is 5.60. The maximum absolute atomic E-state index is 11.8. The molecular weight excluding hydrogens is 264 g/mol. The SMILES string of the molecule is CC(C)C(O)CNC(=O)/C=C/c1cn(C)c2ccccc12. The molecule has 2 N–H and O–H groups in total. The number of carbonyl (C=O) groups excluding carboxylic acids is 1. The van der Waals surface area contributed by atoms with E-state index in [9.17, 15) is 9.90 Å². The van der Waals surface area contributed by atoms with E-state index in [1.807, 2.05) is 55.9 Å². The van der Waals surface area contributed by atoms with E-state index in [1.165, 1.54) is 6.08 Å². The molecule has 4 nitrogen and oxygen atoms in total. The number of nitrogens with zero attached hydrogens (tertiary/aromatic N) is 1. The van der Waals surface area contributed by atoms with Crippen molar-refractivity contribution in [2.45, 2.75) is 20.0 Å². The highest BCUT2D eigenvalue weighted by Gasteiger charge is 2.09. The molecule has 1 heterocycles. The first-order valence-corrected chi connectivity index (χ1v) is 7.17. The number of aryl methyl sites for hydroxylation is 1. The number of amides is 1. The predicted octanol–water partition coefficient (Wildman–Crippen LogP) is 2.32. The largest absolute Gasteiger partial charge is 0.391 e. The molecule has 0 saturated carbocycles. The molecular formula is C17H22N2O2. The van der Waals surface area contributed by atoms with Crippen molar-refractivity contribution in [2.75, 3.05) is 6.54 Å². The lowest BCUT2D eigenvalue weighted by atomic mass is 10.1. The minimum Gasteiger partial charge on any atom is -0.391 e. The van der Waals surface area contributed by atoms with Crippen molar-refractivity contribution in [1.82, 2.24) is 9.88 Å². The van der Waals surface area contributed by atoms with Crippen molar-refractivity contribution in [3.05, 3.63) is 42.1 Å². The Hall–Kier alpha value is -2.07. The molecule has 0 fully saturated rings. The van der Waals surface area contributed by atoms with Crippen molar-refractivity contribution in [3.8, 4) is 0 Å². The van der Waals surface area contributed by atoms with E-state index in [4.69, 9.17) is 0 Å². The Bertz CT molecular complexity index is 656. The second kappa shape index (κ2) is 6.59. The maximum Gasteiger partial charge on any atom is 0.244 e. The van der Waals surface area contributed by atoms with Gasteiger partial charge in [0.25, 0.3) is 0 Å². The van der Waals surface area contributed by atoms with Crippen LogP contribution < -0.4 is 5.32 Å². The molecule has 0 aliphatic heterocycles. The van der Waals surface area contributed by atoms with Crippen molar-refractivity contribution >= 4 is 22.9 Å². The number of carbonyl (C=O) groups is 1. The van der Waals surface area contributed by atoms with Gasteiger partial charge in [0.2, 0.25) is 5.91 Å². The van der Waals surface area contributed by atoms with E-state index >= 15 is 0 Å². The van der Waals surface area contributed by atoms with Crippen molar-refractivity contribution in [2.24, 2.45) is 13.0 Å². The van der Waals surface area contributed by atoms with Gasteiger partial charge in [0, 0.05) is 42.3 Å². The lowest BCUT2D eigenvalue weighted by Gasteiger charge is -2.13. The number of hydrogen-bond donors (Lipinski definition) is 2. The van der Waals surface area contributed by atoms with Crippen LogP contribution in [0.1, 0.15) is 19.4 Å². The highest BCUT2D eigenvalue weighted by molar-refractivity contribution is 5.96. The van der Waals surface area contributed by atoms with Crippen LogP contribution in [0, 0.1) is 5.92 Å². The quantitative estimate of drug-likeness (QED) is 0.829. The van der Waals surface area contributed by atoms with Gasteiger partial charge < -0.3 is 15.0 Å². The number of aliphatic hydroxyl groups excluding tert-OH is 1. The molecule has 0 aliphatic rings. The molecule has 112 valence electrons. The first-order chi connectivity index (χ1) is 9.99. The maximum atomic E-state index is 11.8. The molecule has 0 saturated heterocycles. The van der Waals surface area contributed by atoms with Crippen LogP contribution in [0.25, 0.3) is 17.0 Å². The Labute approximate surface area is 125 Å². The average Bonchev–Trinajstić information content (AvgIpc) is 2.79. The van der Waals surface area contributed by atoms with E-state index in [-0.39, 0.29) is 18.4 Å². The van der Waals surface area contributed by atoms with E-state index in [0.717, 1.165) is 16.5 Å². The van der Waals surface area contributed by atoms with Gasteiger partial charge in [-0.1, -0.05) is 32.0 Å². The van der Waals surface area contributed by atoms with Crippen molar-refractivity contribution < 1.29 is 9.90 Å². The zero-order valence-electron chi connectivity index (χ0n) is 12.7. The summed E-state index contributed by atoms with van der Waals surface area (Å²) in [5.74, 6) is -0.0602. The first kappa shape index (κ1) is 15.3. The Morgan fingerprint density at radius 2 is 2.10 bits per heavy atom. The average molecular weight is 286 g/mol. The van der Waals surface area contributed by atoms with E-state index in [0.29, 0.717) is 0 Å². The Morgan fingerprint density at radius 3 is 2.81 bits per heavy atom. The number of aromatic nitrogens is 1. The fourth-order valence-corrected chi connectivity index (χ4v) is 2.17. The number of nitrogens with one attached hydrogen (secondary N) is 1. The molecule has 1 aromatic heterocycles. The highest BCUT2D eigenvalue weighted by Crippen LogP contribution is 2.21. The zero-order valence-corrected chi connectivity index (χ0v) is 12.7. The van der Waals surface area contributed by atoms with Gasteiger partial charge >= 0.3 is 0 Å². The summed E-state index contributed by atoms with van der Waals surface area (Å²) in [6.45, 7) is 4.11. The third-order valence-corrected chi connectivity index (χ3v) is 3.60. The number of aliphatic hydroxyl groups is 1. The first-order valence-electron chi connectivity index (χ1n) is 7.17. The van der Waals surface area contributed by atoms with Crippen LogP contribution in [0.15, 0.2) is 36.5 Å². The highest BCUT2D eigenvalue weighted by atomic mass is 16.3. The normalized spacial score (nSPS) is 13.2. The van der Waals surface area contributed by atoms with Gasteiger partial charge in [-0.25, -0.2) is 0 Å². The smallest absolute Gasteiger partial charge is 0.244 e. The van der Waals surface area contributed by atoms with Gasteiger partial charge in [-0.2, -0.15) is 0 Å². The molecule has 1 amide bonds. The van der Waals surface area contributed by atoms with E-state index in [1.54, 1.807) is 6.08 Å². The van der Waals surface area contributed by atoms with E-state index in [2.05, 4.69) is 5.32 Å². The van der Waals surface area contributed by atoms with Crippen LogP contribution >= 0.6 is 0 Å². The Kier molecular flexibility index (Phi) is 4.81. The summed E-state index contributed by atoms with van der Waals surface area (Å²) in [6.07, 6.45) is 4.80. The third kappa shape index (κ3) is 3.73. The third-order valence-electron chi connectivity index (χ3n) is 3.60. The summed E-state index contributed by atoms with van der Waals surface area (Å²) in [5.41, 5.74) is 2.14. The molecule has 21 heavy (non-hydrogen) atoms. The topological polar surface area (TPSA) is 54.3 Å². The fourth-order valence-electron chi connectivity index (χ4n) is 2.17. The number of rotatable bonds is 5. The fraction of sp³-hybridized carbons (Fsp3) is 0.353. The molecule has 0 radical (unpaired) electrons. The number of hydrogen-bond acceptors (Lipinski definition) is 2. The molecule has 1 unspecified atom stereocenters. The monoisotopic (exact) mass is 286 g/mol. The molecule has 2 rings (SSSR count). The Morgan fingerprint density at radius 1 is 1.38 bits per heavy atom. The van der Waals surface area contributed by atoms with Crippen LogP contribution in [0.3, 0.4) is 0 Å². The number of fused-ring (bicyclic) bond motifs is 1. The molecule has 1 atom stereocenters. The van der Waals surface area contributed by atoms with Gasteiger partial charge in [0.15, 0.2) is 0 Å². The molecule has 0 aliphatic carbocycles. The minimum absolute atomic E-state index is 0.132. The lowest BCUT2D eigenvalue weighted by molar-refractivity contribution is -0.117. The van der Waals surface area contributed by atoms with Crippen molar-refractivity contribution in [3.63, 3.8) is 0 Å². The van der Waals surface area contributed by atoms with Gasteiger partial charge in [-0.15, -0.1) is 0 Å². The summed E-state index contributed by atoms with van der Waals surface area (Å²) in [6, 6.07) is 8.07. The number of benzene rings is 1. The van der Waals surface area contributed by atoms with Gasteiger partial charge in [0.1, 0.15) is 0 Å². The second-order valence-electron chi connectivity index (χ2n) is 5.60. The molecule has 0 spiro atoms. The van der Waals surface area contributed by atoms with Gasteiger partial charge in [0.05, 0.1) is 6.10 Å². The van der Waals surface area contributed by atoms with Crippen LogP contribution in [-0.2, 0) is 11.8 Å². The summed E-state index contributed by atoms with van der Waals surface area (Å²) in [4.78, 5) is 11.8. The standard InChI is InChI=1S/C17H22N2O2/c1-12(2)16(20)10-18-17(21)9-8-13-11-19(3)15-7-5-4-6-14(13)15/h4-9,11-12,16,20H,10H2,1-3H3,(H,18,21)/b9-8+. The summed E-state index contributed by atoms with van der Waals surface area (Å²) in [7, 11) is 1.98. The van der Waals surface area contributed by atoms with Crippen LogP contribution in [0.5, 0.6) is 0 Å². The molecule has 4 heteroatoms. The molecule has 0 bridgehead atoms.